The summed E-state index contributed by atoms with van der Waals surface area (Å²) in [5.74, 6) is -3.48. The Bertz CT molecular complexity index is 2830. The van der Waals surface area contributed by atoms with Crippen LogP contribution in [-0.4, -0.2) is 99.9 Å². The highest BCUT2D eigenvalue weighted by molar-refractivity contribution is 5.67. The smallest absolute Gasteiger partial charge is 0.292 e. The van der Waals surface area contributed by atoms with Crippen molar-refractivity contribution in [1.82, 2.24) is 15.0 Å². The van der Waals surface area contributed by atoms with Crippen LogP contribution in [0.1, 0.15) is 6.42 Å². The van der Waals surface area contributed by atoms with Crippen LogP contribution in [0.15, 0.2) is 51.4 Å². The second-order valence-electron chi connectivity index (χ2n) is 12.4. The van der Waals surface area contributed by atoms with Crippen LogP contribution in [0.25, 0.3) is 0 Å². The predicted molar refractivity (Wildman–Crippen MR) is 220 cm³/mol. The van der Waals surface area contributed by atoms with E-state index in [1.807, 2.05) is 0 Å². The van der Waals surface area contributed by atoms with Crippen LogP contribution < -0.4 is 58.6 Å². The SMILES string of the molecule is N#COc1cc(N=C=O)c(OCC(O)CNc2nc(NCC(O)COc3c(OC#N)cc(N=C=O)cc3OC#N)nc(NC(O)CCOc3c(OC#N)cc(N=C=O)cc3OC#N)n2)c(OC#N)c1. The lowest BCUT2D eigenvalue weighted by atomic mass is 10.2. The predicted octanol–water partition coefficient (Wildman–Crippen LogP) is 1.84. The van der Waals surface area contributed by atoms with Crippen LogP contribution in [-0.2, 0) is 14.4 Å². The van der Waals surface area contributed by atoms with Gasteiger partial charge < -0.3 is 73.9 Å². The number of ether oxygens (including phenoxy) is 9. The Morgan fingerprint density at radius 1 is 0.522 bits per heavy atom. The fourth-order valence-corrected chi connectivity index (χ4v) is 5.21. The van der Waals surface area contributed by atoms with Crippen molar-refractivity contribution in [3.8, 4) is 89.3 Å². The van der Waals surface area contributed by atoms with Crippen LogP contribution in [0.2, 0.25) is 0 Å². The molecule has 0 saturated heterocycles. The molecule has 4 aromatic rings. The first-order valence-corrected chi connectivity index (χ1v) is 18.6. The number of aliphatic hydroxyl groups excluding tert-OH is 3. The standard InChI is InChI=1S/C39H27N15O15/c40-13-64-26-7-27(50-21-57)34(32(8-26)69-18-45)62-11-24(58)9-46-37-52-38(47-10-25(59)12-63-36-30(67-16-43)5-23(49-20-56)6-31(36)68-17-44)54-39(53-37)51-33(60)1-2-61-35-28(65-14-41)3-22(48-19-55)4-29(35)66-15-42/h3-8,24-25,33,58-60H,1-2,9-12H2,(H3,46,47,51,52,53,54). The first-order chi connectivity index (χ1) is 33.5. The zero-order valence-electron chi connectivity index (χ0n) is 34.5. The van der Waals surface area contributed by atoms with E-state index >= 15 is 0 Å². The van der Waals surface area contributed by atoms with Gasteiger partial charge in [0.25, 0.3) is 37.5 Å². The molecule has 0 aliphatic rings. The van der Waals surface area contributed by atoms with Crippen LogP contribution in [0.4, 0.5) is 34.9 Å². The first-order valence-electron chi connectivity index (χ1n) is 18.6. The van der Waals surface area contributed by atoms with Gasteiger partial charge in [0.15, 0.2) is 34.5 Å². The van der Waals surface area contributed by atoms with E-state index in [1.54, 1.807) is 0 Å². The Balaban J connectivity index is 1.54. The number of carbonyl (C=O) groups excluding carboxylic acids is 3. The number of benzene rings is 3. The normalized spacial score (nSPS) is 10.9. The van der Waals surface area contributed by atoms with Gasteiger partial charge in [-0.1, -0.05) is 0 Å². The summed E-state index contributed by atoms with van der Waals surface area (Å²) in [4.78, 5) is 55.5. The summed E-state index contributed by atoms with van der Waals surface area (Å²) in [5.41, 5.74) is -0.472. The number of hydrogen-bond donors (Lipinski definition) is 6. The van der Waals surface area contributed by atoms with Gasteiger partial charge in [-0.05, 0) is 0 Å². The summed E-state index contributed by atoms with van der Waals surface area (Å²) >= 11 is 0. The van der Waals surface area contributed by atoms with Crippen LogP contribution in [0.3, 0.4) is 0 Å². The number of nitrogens with zero attached hydrogens (tertiary/aromatic N) is 12. The van der Waals surface area contributed by atoms with Gasteiger partial charge in [0.05, 0.1) is 18.0 Å². The van der Waals surface area contributed by atoms with Gasteiger partial charge in [-0.25, -0.2) is 14.4 Å². The number of aliphatic imine (C=N–C) groups is 3. The molecule has 3 aromatic carbocycles. The third-order valence-corrected chi connectivity index (χ3v) is 7.88. The Labute approximate surface area is 385 Å². The molecule has 30 heteroatoms. The topological polar surface area (TPSA) is 450 Å². The fraction of sp³-hybridized carbons (Fsp3) is 0.231. The van der Waals surface area contributed by atoms with E-state index in [-0.39, 0.29) is 113 Å². The van der Waals surface area contributed by atoms with E-state index < -0.39 is 31.6 Å². The maximum Gasteiger partial charge on any atom is 0.292 e. The molecule has 1 aromatic heterocycles. The van der Waals surface area contributed by atoms with Gasteiger partial charge in [0.2, 0.25) is 47.6 Å². The fourth-order valence-electron chi connectivity index (χ4n) is 5.21. The summed E-state index contributed by atoms with van der Waals surface area (Å²) in [6, 6.07) is 6.64. The highest BCUT2D eigenvalue weighted by Crippen LogP contribution is 2.44. The number of isocyanates is 3. The third-order valence-electron chi connectivity index (χ3n) is 7.88. The third kappa shape index (κ3) is 15.5. The average Bonchev–Trinajstić information content (AvgIpc) is 3.31. The molecule has 0 aliphatic heterocycles. The molecule has 1 heterocycles. The van der Waals surface area contributed by atoms with Gasteiger partial charge in [-0.3, -0.25) is 0 Å². The van der Waals surface area contributed by atoms with E-state index in [0.717, 1.165) is 36.4 Å². The van der Waals surface area contributed by atoms with Gasteiger partial charge in [0, 0.05) is 55.9 Å². The summed E-state index contributed by atoms with van der Waals surface area (Å²) in [7, 11) is 0. The quantitative estimate of drug-likeness (QED) is 0.0215. The minimum Gasteiger partial charge on any atom is -0.486 e. The van der Waals surface area contributed by atoms with Crippen molar-refractivity contribution in [1.29, 1.82) is 31.6 Å². The molecule has 4 rings (SSSR count). The minimum absolute atomic E-state index is 0.0924. The second kappa shape index (κ2) is 26.8. The molecule has 0 bridgehead atoms. The molecule has 348 valence electrons. The number of hydrogen-bond acceptors (Lipinski definition) is 30. The molecule has 0 spiro atoms. The molecule has 0 aliphatic carbocycles. The number of aromatic nitrogens is 3. The van der Waals surface area contributed by atoms with Crippen LogP contribution >= 0.6 is 0 Å². The van der Waals surface area contributed by atoms with E-state index in [0.29, 0.717) is 0 Å². The monoisotopic (exact) mass is 945 g/mol. The highest BCUT2D eigenvalue weighted by Gasteiger charge is 2.22. The lowest BCUT2D eigenvalue weighted by molar-refractivity contribution is 0.114. The van der Waals surface area contributed by atoms with E-state index in [1.165, 1.54) is 55.8 Å². The summed E-state index contributed by atoms with van der Waals surface area (Å²) in [5, 5.41) is 95.0. The molecule has 6 N–H and O–H groups in total. The number of anilines is 3. The van der Waals surface area contributed by atoms with Crippen molar-refractivity contribution >= 4 is 53.1 Å². The Morgan fingerprint density at radius 3 is 1.36 bits per heavy atom. The molecule has 3 atom stereocenters. The molecule has 3 unspecified atom stereocenters. The van der Waals surface area contributed by atoms with Gasteiger partial charge in [0.1, 0.15) is 43.1 Å². The zero-order valence-corrected chi connectivity index (χ0v) is 34.5. The molecular weight excluding hydrogens is 919 g/mol. The lowest BCUT2D eigenvalue weighted by Gasteiger charge is -2.18. The highest BCUT2D eigenvalue weighted by atomic mass is 16.6. The summed E-state index contributed by atoms with van der Waals surface area (Å²) in [6.07, 6.45) is 7.72. The number of nitriles is 6. The van der Waals surface area contributed by atoms with E-state index in [4.69, 9.17) is 74.2 Å². The second-order valence-corrected chi connectivity index (χ2v) is 12.4. The van der Waals surface area contributed by atoms with Gasteiger partial charge in [-0.2, -0.15) is 29.9 Å². The first kappa shape index (κ1) is 50.9. The summed E-state index contributed by atoms with van der Waals surface area (Å²) < 4.78 is 45.8. The molecule has 69 heavy (non-hydrogen) atoms. The Morgan fingerprint density at radius 2 is 0.928 bits per heavy atom. The van der Waals surface area contributed by atoms with Crippen molar-refractivity contribution in [3.63, 3.8) is 0 Å². The molecule has 0 saturated carbocycles. The van der Waals surface area contributed by atoms with Crippen molar-refractivity contribution in [2.45, 2.75) is 24.9 Å². The molecule has 0 radical (unpaired) electrons. The van der Waals surface area contributed by atoms with Crippen LogP contribution in [0, 0.1) is 69.1 Å². The van der Waals surface area contributed by atoms with E-state index in [2.05, 4.69) is 45.9 Å². The number of aliphatic hydroxyl groups is 3. The zero-order chi connectivity index (χ0) is 50.0. The molecule has 30 nitrogen and oxygen atoms in total. The van der Waals surface area contributed by atoms with Gasteiger partial charge >= 0.3 is 0 Å². The van der Waals surface area contributed by atoms with Crippen molar-refractivity contribution < 1.29 is 72.3 Å². The average molecular weight is 946 g/mol. The largest absolute Gasteiger partial charge is 0.486 e. The molecule has 0 fully saturated rings. The minimum atomic E-state index is -1.51. The van der Waals surface area contributed by atoms with Crippen molar-refractivity contribution in [2.24, 2.45) is 15.0 Å². The van der Waals surface area contributed by atoms with E-state index in [9.17, 15) is 29.7 Å². The van der Waals surface area contributed by atoms with Crippen molar-refractivity contribution in [3.05, 3.63) is 36.4 Å². The Hall–Kier alpha value is -10.8. The molecular formula is C39H27N15O15. The maximum atomic E-state index is 11.1. The van der Waals surface area contributed by atoms with Crippen molar-refractivity contribution in [2.75, 3.05) is 48.9 Å². The Kier molecular flexibility index (Phi) is 19.7. The number of nitrogens with one attached hydrogen (secondary N) is 3. The lowest BCUT2D eigenvalue weighted by Crippen LogP contribution is -2.29. The van der Waals surface area contributed by atoms with Crippen LogP contribution in [0.5, 0.6) is 51.7 Å². The van der Waals surface area contributed by atoms with Gasteiger partial charge in [-0.15, -0.1) is 31.6 Å². The summed E-state index contributed by atoms with van der Waals surface area (Å²) in [6.45, 7) is -2.20. The number of rotatable bonds is 27. The maximum absolute atomic E-state index is 11.1. The molecule has 0 amide bonds.